The van der Waals surface area contributed by atoms with Crippen LogP contribution in [0.3, 0.4) is 0 Å². The fourth-order valence-corrected chi connectivity index (χ4v) is 1.17. The lowest BCUT2D eigenvalue weighted by Gasteiger charge is -1.94. The van der Waals surface area contributed by atoms with Crippen molar-refractivity contribution in [2.24, 2.45) is 11.8 Å². The highest BCUT2D eigenvalue weighted by molar-refractivity contribution is 5.87. The van der Waals surface area contributed by atoms with Gasteiger partial charge in [0.1, 0.15) is 5.92 Å². The Morgan fingerprint density at radius 2 is 2.33 bits per heavy atom. The highest BCUT2D eigenvalue weighted by Gasteiger charge is 2.30. The van der Waals surface area contributed by atoms with Gasteiger partial charge in [0.25, 0.3) is 0 Å². The first-order valence-corrected chi connectivity index (χ1v) is 3.19. The van der Waals surface area contributed by atoms with E-state index in [1.165, 1.54) is 0 Å². The van der Waals surface area contributed by atoms with Crippen molar-refractivity contribution in [2.45, 2.75) is 19.8 Å². The van der Waals surface area contributed by atoms with Gasteiger partial charge in [-0.05, 0) is 12.8 Å². The minimum absolute atomic E-state index is 0.134. The molecule has 2 atom stereocenters. The van der Waals surface area contributed by atoms with E-state index in [9.17, 15) is 4.79 Å². The third-order valence-corrected chi connectivity index (χ3v) is 1.87. The van der Waals surface area contributed by atoms with Crippen LogP contribution in [0.25, 0.3) is 0 Å². The lowest BCUT2D eigenvalue weighted by Crippen LogP contribution is -2.08. The molecule has 0 aromatic rings. The van der Waals surface area contributed by atoms with Crippen LogP contribution in [0.2, 0.25) is 0 Å². The molecule has 0 bridgehead atoms. The van der Waals surface area contributed by atoms with Crippen LogP contribution in [0.1, 0.15) is 19.8 Å². The summed E-state index contributed by atoms with van der Waals surface area (Å²) in [5, 5.41) is 8.38. The van der Waals surface area contributed by atoms with Crippen molar-refractivity contribution in [3.8, 4) is 6.07 Å². The van der Waals surface area contributed by atoms with Gasteiger partial charge in [-0.1, -0.05) is 6.92 Å². The van der Waals surface area contributed by atoms with Gasteiger partial charge in [0, 0.05) is 5.92 Å². The van der Waals surface area contributed by atoms with Gasteiger partial charge >= 0.3 is 0 Å². The van der Waals surface area contributed by atoms with Crippen LogP contribution in [-0.4, -0.2) is 5.78 Å². The maximum Gasteiger partial charge on any atom is 0.152 e. The molecular weight excluding hydrogens is 114 g/mol. The van der Waals surface area contributed by atoms with Gasteiger partial charge in [-0.2, -0.15) is 5.26 Å². The topological polar surface area (TPSA) is 40.9 Å². The second-order valence-electron chi connectivity index (χ2n) is 2.56. The Hall–Kier alpha value is -0.840. The number of hydrogen-bond acceptors (Lipinski definition) is 2. The van der Waals surface area contributed by atoms with Gasteiger partial charge in [-0.3, -0.25) is 4.79 Å². The molecule has 0 saturated heterocycles. The summed E-state index contributed by atoms with van der Waals surface area (Å²) in [6.45, 7) is 1.89. The van der Waals surface area contributed by atoms with Gasteiger partial charge in [0.2, 0.25) is 0 Å². The van der Waals surface area contributed by atoms with Gasteiger partial charge in [0.15, 0.2) is 5.78 Å². The molecule has 0 spiro atoms. The number of hydrogen-bond donors (Lipinski definition) is 0. The molecule has 1 aliphatic rings. The van der Waals surface area contributed by atoms with Crippen molar-refractivity contribution in [3.63, 3.8) is 0 Å². The summed E-state index contributed by atoms with van der Waals surface area (Å²) in [4.78, 5) is 10.9. The number of nitrogens with zero attached hydrogens (tertiary/aromatic N) is 1. The third-order valence-electron chi connectivity index (χ3n) is 1.87. The van der Waals surface area contributed by atoms with E-state index < -0.39 is 0 Å². The number of Topliss-reactive ketones (excluding diaryl/α,β-unsaturated/α-hetero) is 1. The van der Waals surface area contributed by atoms with Crippen molar-refractivity contribution >= 4 is 5.78 Å². The SMILES string of the molecule is CC1CCC(C#N)C1=O. The molecule has 1 aliphatic carbocycles. The first-order chi connectivity index (χ1) is 4.25. The van der Waals surface area contributed by atoms with Crippen molar-refractivity contribution in [3.05, 3.63) is 0 Å². The molecule has 9 heavy (non-hydrogen) atoms. The Labute approximate surface area is 54.5 Å². The molecule has 48 valence electrons. The highest BCUT2D eigenvalue weighted by Crippen LogP contribution is 2.25. The zero-order valence-electron chi connectivity index (χ0n) is 5.42. The van der Waals surface area contributed by atoms with Crippen LogP contribution in [0.4, 0.5) is 0 Å². The molecule has 2 heteroatoms. The smallest absolute Gasteiger partial charge is 0.152 e. The van der Waals surface area contributed by atoms with Crippen molar-refractivity contribution < 1.29 is 4.79 Å². The van der Waals surface area contributed by atoms with E-state index in [2.05, 4.69) is 0 Å². The standard InChI is InChI=1S/C7H9NO/c1-5-2-3-6(4-8)7(5)9/h5-6H,2-3H2,1H3. The van der Waals surface area contributed by atoms with Gasteiger partial charge in [-0.15, -0.1) is 0 Å². The van der Waals surface area contributed by atoms with Crippen LogP contribution >= 0.6 is 0 Å². The number of rotatable bonds is 0. The lowest BCUT2D eigenvalue weighted by atomic mass is 10.1. The highest BCUT2D eigenvalue weighted by atomic mass is 16.1. The van der Waals surface area contributed by atoms with Crippen LogP contribution in [0, 0.1) is 23.2 Å². The molecule has 0 N–H and O–H groups in total. The summed E-state index contributed by atoms with van der Waals surface area (Å²) in [7, 11) is 0. The second-order valence-corrected chi connectivity index (χ2v) is 2.56. The van der Waals surface area contributed by atoms with Crippen molar-refractivity contribution in [2.75, 3.05) is 0 Å². The molecule has 2 nitrogen and oxygen atoms in total. The van der Waals surface area contributed by atoms with E-state index in [4.69, 9.17) is 5.26 Å². The molecule has 0 heterocycles. The fraction of sp³-hybridized carbons (Fsp3) is 0.714. The Morgan fingerprint density at radius 3 is 2.56 bits per heavy atom. The number of carbonyl (C=O) groups is 1. The molecule has 0 amide bonds. The quantitative estimate of drug-likeness (QED) is 0.484. The molecule has 0 radical (unpaired) electrons. The zero-order valence-corrected chi connectivity index (χ0v) is 5.42. The summed E-state index contributed by atoms with van der Waals surface area (Å²) in [5.74, 6) is -0.0212. The first kappa shape index (κ1) is 6.28. The monoisotopic (exact) mass is 123 g/mol. The summed E-state index contributed by atoms with van der Waals surface area (Å²) in [6, 6.07) is 1.99. The Morgan fingerprint density at radius 1 is 1.67 bits per heavy atom. The minimum atomic E-state index is -0.292. The van der Waals surface area contributed by atoms with Crippen molar-refractivity contribution in [1.82, 2.24) is 0 Å². The van der Waals surface area contributed by atoms with E-state index in [1.807, 2.05) is 13.0 Å². The minimum Gasteiger partial charge on any atom is -0.298 e. The van der Waals surface area contributed by atoms with E-state index in [0.717, 1.165) is 12.8 Å². The van der Waals surface area contributed by atoms with E-state index in [0.29, 0.717) is 0 Å². The van der Waals surface area contributed by atoms with Crippen LogP contribution in [0.15, 0.2) is 0 Å². The average molecular weight is 123 g/mol. The molecule has 1 fully saturated rings. The predicted molar refractivity (Wildman–Crippen MR) is 32.5 cm³/mol. The number of nitriles is 1. The van der Waals surface area contributed by atoms with E-state index >= 15 is 0 Å². The van der Waals surface area contributed by atoms with Crippen LogP contribution in [-0.2, 0) is 4.79 Å². The average Bonchev–Trinajstić information content (AvgIpc) is 2.15. The molecule has 1 rings (SSSR count). The zero-order chi connectivity index (χ0) is 6.85. The summed E-state index contributed by atoms with van der Waals surface area (Å²) >= 11 is 0. The van der Waals surface area contributed by atoms with Gasteiger partial charge in [-0.25, -0.2) is 0 Å². The number of ketones is 1. The Bertz CT molecular complexity index is 168. The summed E-state index contributed by atoms with van der Waals surface area (Å²) in [5.41, 5.74) is 0. The predicted octanol–water partition coefficient (Wildman–Crippen LogP) is 1.13. The van der Waals surface area contributed by atoms with Crippen molar-refractivity contribution in [1.29, 1.82) is 5.26 Å². The first-order valence-electron chi connectivity index (χ1n) is 3.19. The molecular formula is C7H9NO. The van der Waals surface area contributed by atoms with Gasteiger partial charge < -0.3 is 0 Å². The second kappa shape index (κ2) is 2.18. The van der Waals surface area contributed by atoms with Crippen LogP contribution < -0.4 is 0 Å². The fourth-order valence-electron chi connectivity index (χ4n) is 1.17. The third kappa shape index (κ3) is 0.951. The lowest BCUT2D eigenvalue weighted by molar-refractivity contribution is -0.122. The number of carbonyl (C=O) groups excluding carboxylic acids is 1. The Kier molecular flexibility index (Phi) is 1.52. The van der Waals surface area contributed by atoms with Gasteiger partial charge in [0.05, 0.1) is 6.07 Å². The largest absolute Gasteiger partial charge is 0.298 e. The van der Waals surface area contributed by atoms with E-state index in [1.54, 1.807) is 0 Å². The molecule has 1 saturated carbocycles. The normalized spacial score (nSPS) is 34.4. The summed E-state index contributed by atoms with van der Waals surface area (Å²) in [6.07, 6.45) is 1.67. The van der Waals surface area contributed by atoms with E-state index in [-0.39, 0.29) is 17.6 Å². The summed E-state index contributed by atoms with van der Waals surface area (Å²) < 4.78 is 0. The molecule has 2 unspecified atom stereocenters. The van der Waals surface area contributed by atoms with Crippen LogP contribution in [0.5, 0.6) is 0 Å². The molecule has 0 aliphatic heterocycles. The molecule has 0 aromatic carbocycles. The maximum atomic E-state index is 10.9. The maximum absolute atomic E-state index is 10.9. The Balaban J connectivity index is 2.65. The molecule has 0 aromatic heterocycles.